The van der Waals surface area contributed by atoms with Crippen LogP contribution in [0.15, 0.2) is 36.4 Å². The van der Waals surface area contributed by atoms with Crippen molar-refractivity contribution in [1.82, 2.24) is 9.80 Å². The van der Waals surface area contributed by atoms with E-state index in [9.17, 15) is 9.59 Å². The number of urea groups is 1. The van der Waals surface area contributed by atoms with Crippen molar-refractivity contribution in [2.24, 2.45) is 0 Å². The molecule has 0 unspecified atom stereocenters. The third-order valence-corrected chi connectivity index (χ3v) is 5.53. The van der Waals surface area contributed by atoms with Crippen molar-refractivity contribution >= 4 is 40.6 Å². The topological polar surface area (TPSA) is 61.9 Å². The van der Waals surface area contributed by atoms with E-state index >= 15 is 0 Å². The van der Waals surface area contributed by atoms with Crippen LogP contribution < -0.4 is 5.32 Å². The second-order valence-electron chi connectivity index (χ2n) is 6.20. The van der Waals surface area contributed by atoms with Gasteiger partial charge in [0.1, 0.15) is 0 Å². The van der Waals surface area contributed by atoms with Gasteiger partial charge < -0.3 is 15.0 Å². The number of thiophene rings is 1. The standard InChI is InChI=1S/C19H22ClN3O3S/c1-2-26-18(24)14-3-5-15(6-4-14)21-19(25)23-11-9-22(10-12-23)13-16-7-8-17(20)27-16/h3-8H,2,9-13H2,1H3,(H,21,25). The number of carbonyl (C=O) groups excluding carboxylic acids is 2. The molecule has 3 rings (SSSR count). The van der Waals surface area contributed by atoms with Gasteiger partial charge in [-0.1, -0.05) is 11.6 Å². The van der Waals surface area contributed by atoms with Gasteiger partial charge in [0.05, 0.1) is 16.5 Å². The molecule has 1 aliphatic rings. The number of nitrogens with one attached hydrogen (secondary N) is 1. The summed E-state index contributed by atoms with van der Waals surface area (Å²) in [6.45, 7) is 5.96. The van der Waals surface area contributed by atoms with Gasteiger partial charge in [-0.15, -0.1) is 11.3 Å². The number of anilines is 1. The van der Waals surface area contributed by atoms with Gasteiger partial charge in [0.2, 0.25) is 0 Å². The first kappa shape index (κ1) is 19.7. The minimum atomic E-state index is -0.362. The van der Waals surface area contributed by atoms with Crippen LogP contribution in [0.1, 0.15) is 22.2 Å². The minimum Gasteiger partial charge on any atom is -0.462 e. The molecule has 0 radical (unpaired) electrons. The van der Waals surface area contributed by atoms with Crippen molar-refractivity contribution < 1.29 is 14.3 Å². The second-order valence-corrected chi connectivity index (χ2v) is 8.00. The first-order chi connectivity index (χ1) is 13.0. The van der Waals surface area contributed by atoms with Gasteiger partial charge in [-0.2, -0.15) is 0 Å². The van der Waals surface area contributed by atoms with Crippen molar-refractivity contribution in [3.8, 4) is 0 Å². The van der Waals surface area contributed by atoms with Crippen molar-refractivity contribution in [3.63, 3.8) is 0 Å². The molecule has 0 spiro atoms. The van der Waals surface area contributed by atoms with Gasteiger partial charge in [0, 0.05) is 43.3 Å². The zero-order chi connectivity index (χ0) is 19.2. The molecule has 144 valence electrons. The van der Waals surface area contributed by atoms with Crippen LogP contribution in [0, 0.1) is 0 Å². The van der Waals surface area contributed by atoms with Crippen molar-refractivity contribution in [1.29, 1.82) is 0 Å². The smallest absolute Gasteiger partial charge is 0.338 e. The van der Waals surface area contributed by atoms with Gasteiger partial charge in [-0.3, -0.25) is 4.90 Å². The molecule has 0 saturated carbocycles. The van der Waals surface area contributed by atoms with Gasteiger partial charge >= 0.3 is 12.0 Å². The number of halogens is 1. The van der Waals surface area contributed by atoms with E-state index in [1.807, 2.05) is 12.1 Å². The third-order valence-electron chi connectivity index (χ3n) is 4.32. The van der Waals surface area contributed by atoms with Gasteiger partial charge in [-0.25, -0.2) is 9.59 Å². The number of ether oxygens (including phenoxy) is 1. The Kier molecular flexibility index (Phi) is 6.71. The number of amides is 2. The zero-order valence-electron chi connectivity index (χ0n) is 15.1. The normalized spacial score (nSPS) is 14.8. The summed E-state index contributed by atoms with van der Waals surface area (Å²) in [5, 5.41) is 2.88. The lowest BCUT2D eigenvalue weighted by molar-refractivity contribution is 0.0526. The predicted octanol–water partition coefficient (Wildman–Crippen LogP) is 3.93. The molecular weight excluding hydrogens is 386 g/mol. The maximum Gasteiger partial charge on any atom is 0.338 e. The van der Waals surface area contributed by atoms with Gasteiger partial charge in [0.25, 0.3) is 0 Å². The first-order valence-corrected chi connectivity index (χ1v) is 10.0. The van der Waals surface area contributed by atoms with E-state index in [0.29, 0.717) is 30.9 Å². The van der Waals surface area contributed by atoms with Crippen LogP contribution in [0.3, 0.4) is 0 Å². The van der Waals surface area contributed by atoms with Crippen molar-refractivity contribution in [2.75, 3.05) is 38.1 Å². The van der Waals surface area contributed by atoms with Crippen LogP contribution in [-0.2, 0) is 11.3 Å². The number of piperazine rings is 1. The predicted molar refractivity (Wildman–Crippen MR) is 108 cm³/mol. The van der Waals surface area contributed by atoms with Crippen LogP contribution in [0.5, 0.6) is 0 Å². The van der Waals surface area contributed by atoms with E-state index in [-0.39, 0.29) is 12.0 Å². The SMILES string of the molecule is CCOC(=O)c1ccc(NC(=O)N2CCN(Cc3ccc(Cl)s3)CC2)cc1. The Morgan fingerprint density at radius 3 is 2.41 bits per heavy atom. The maximum atomic E-state index is 12.4. The number of hydrogen-bond acceptors (Lipinski definition) is 5. The molecule has 1 aromatic carbocycles. The van der Waals surface area contributed by atoms with Crippen molar-refractivity contribution in [2.45, 2.75) is 13.5 Å². The van der Waals surface area contributed by atoms with E-state index in [4.69, 9.17) is 16.3 Å². The molecule has 1 aliphatic heterocycles. The van der Waals surface area contributed by atoms with E-state index < -0.39 is 0 Å². The van der Waals surface area contributed by atoms with E-state index in [2.05, 4.69) is 10.2 Å². The van der Waals surface area contributed by atoms with Crippen molar-refractivity contribution in [3.05, 3.63) is 51.2 Å². The highest BCUT2D eigenvalue weighted by molar-refractivity contribution is 7.16. The summed E-state index contributed by atoms with van der Waals surface area (Å²) in [6, 6.07) is 10.6. The highest BCUT2D eigenvalue weighted by Crippen LogP contribution is 2.23. The molecule has 1 aromatic heterocycles. The average molecular weight is 408 g/mol. The molecule has 27 heavy (non-hydrogen) atoms. The summed E-state index contributed by atoms with van der Waals surface area (Å²) in [4.78, 5) is 29.5. The lowest BCUT2D eigenvalue weighted by Gasteiger charge is -2.34. The molecular formula is C19H22ClN3O3S. The number of benzene rings is 1. The lowest BCUT2D eigenvalue weighted by atomic mass is 10.2. The molecule has 1 N–H and O–H groups in total. The zero-order valence-corrected chi connectivity index (χ0v) is 16.7. The van der Waals surface area contributed by atoms with Crippen LogP contribution in [0.25, 0.3) is 0 Å². The monoisotopic (exact) mass is 407 g/mol. The summed E-state index contributed by atoms with van der Waals surface area (Å²) in [5.74, 6) is -0.362. The van der Waals surface area contributed by atoms with E-state index in [0.717, 1.165) is 24.0 Å². The highest BCUT2D eigenvalue weighted by Gasteiger charge is 2.21. The third kappa shape index (κ3) is 5.45. The molecule has 8 heteroatoms. The lowest BCUT2D eigenvalue weighted by Crippen LogP contribution is -2.49. The second kappa shape index (κ2) is 9.21. The Morgan fingerprint density at radius 2 is 1.81 bits per heavy atom. The van der Waals surface area contributed by atoms with E-state index in [1.54, 1.807) is 47.4 Å². The summed E-state index contributed by atoms with van der Waals surface area (Å²) >= 11 is 7.57. The maximum absolute atomic E-state index is 12.4. The summed E-state index contributed by atoms with van der Waals surface area (Å²) < 4.78 is 5.76. The summed E-state index contributed by atoms with van der Waals surface area (Å²) in [7, 11) is 0. The molecule has 1 fully saturated rings. The summed E-state index contributed by atoms with van der Waals surface area (Å²) in [5.41, 5.74) is 1.13. The molecule has 6 nitrogen and oxygen atoms in total. The largest absolute Gasteiger partial charge is 0.462 e. The Hall–Kier alpha value is -2.09. The summed E-state index contributed by atoms with van der Waals surface area (Å²) in [6.07, 6.45) is 0. The highest BCUT2D eigenvalue weighted by atomic mass is 35.5. The molecule has 2 amide bonds. The fourth-order valence-electron chi connectivity index (χ4n) is 2.87. The molecule has 0 atom stereocenters. The van der Waals surface area contributed by atoms with Crippen LogP contribution in [0.2, 0.25) is 4.34 Å². The first-order valence-electron chi connectivity index (χ1n) is 8.85. The Bertz CT molecular complexity index is 786. The number of nitrogens with zero attached hydrogens (tertiary/aromatic N) is 2. The Morgan fingerprint density at radius 1 is 1.11 bits per heavy atom. The van der Waals surface area contributed by atoms with E-state index in [1.165, 1.54) is 4.88 Å². The molecule has 0 bridgehead atoms. The van der Waals surface area contributed by atoms with Crippen LogP contribution in [0.4, 0.5) is 10.5 Å². The number of rotatable bonds is 5. The molecule has 1 saturated heterocycles. The number of carbonyl (C=O) groups is 2. The van der Waals surface area contributed by atoms with Gasteiger partial charge in [0.15, 0.2) is 0 Å². The quantitative estimate of drug-likeness (QED) is 0.763. The molecule has 2 heterocycles. The Balaban J connectivity index is 1.47. The van der Waals surface area contributed by atoms with Gasteiger partial charge in [-0.05, 0) is 43.3 Å². The Labute approximate surface area is 167 Å². The molecule has 0 aliphatic carbocycles. The average Bonchev–Trinajstić information content (AvgIpc) is 3.08. The van der Waals surface area contributed by atoms with Crippen LogP contribution >= 0.6 is 22.9 Å². The number of esters is 1. The molecule has 2 aromatic rings. The minimum absolute atomic E-state index is 0.127. The fraction of sp³-hybridized carbons (Fsp3) is 0.368. The fourth-order valence-corrected chi connectivity index (χ4v) is 4.00. The van der Waals surface area contributed by atoms with Crippen LogP contribution in [-0.4, -0.2) is 54.6 Å². The number of hydrogen-bond donors (Lipinski definition) is 1.